The summed E-state index contributed by atoms with van der Waals surface area (Å²) in [7, 11) is 0. The molecule has 3 aromatic rings. The summed E-state index contributed by atoms with van der Waals surface area (Å²) in [6.45, 7) is 2.21. The minimum Gasteiger partial charge on any atom is -0.365 e. The summed E-state index contributed by atoms with van der Waals surface area (Å²) in [5.74, 6) is -0.511. The van der Waals surface area contributed by atoms with Crippen LogP contribution in [0.25, 0.3) is 0 Å². The number of amides is 2. The molecule has 4 rings (SSSR count). The fourth-order valence-electron chi connectivity index (χ4n) is 4.07. The van der Waals surface area contributed by atoms with E-state index < -0.39 is 11.8 Å². The third-order valence-corrected chi connectivity index (χ3v) is 6.69. The lowest BCUT2D eigenvalue weighted by Gasteiger charge is -2.18. The Morgan fingerprint density at radius 3 is 2.17 bits per heavy atom. The lowest BCUT2D eigenvalue weighted by molar-refractivity contribution is -0.116. The van der Waals surface area contributed by atoms with Gasteiger partial charge in [-0.05, 0) is 41.9 Å². The van der Waals surface area contributed by atoms with Crippen LogP contribution in [0.4, 0.5) is 5.00 Å². The smallest absolute Gasteiger partial charge is 0.251 e. The molecule has 3 N–H and O–H groups in total. The first kappa shape index (κ1) is 19.4. The summed E-state index contributed by atoms with van der Waals surface area (Å²) in [6.07, 6.45) is 2.80. The van der Waals surface area contributed by atoms with Gasteiger partial charge in [-0.25, -0.2) is 0 Å². The number of thiophene rings is 1. The monoisotopic (exact) mass is 404 g/mol. The molecule has 1 aromatic heterocycles. The number of primary amides is 1. The van der Waals surface area contributed by atoms with Crippen LogP contribution in [0.5, 0.6) is 0 Å². The fourth-order valence-corrected chi connectivity index (χ4v) is 5.49. The van der Waals surface area contributed by atoms with Crippen molar-refractivity contribution in [1.82, 2.24) is 0 Å². The number of nitrogens with one attached hydrogen (secondary N) is 1. The number of rotatable bonds is 5. The molecule has 0 radical (unpaired) electrons. The van der Waals surface area contributed by atoms with E-state index in [1.54, 1.807) is 0 Å². The maximum atomic E-state index is 13.4. The highest BCUT2D eigenvalue weighted by molar-refractivity contribution is 7.17. The first-order valence-electron chi connectivity index (χ1n) is 9.89. The average molecular weight is 405 g/mol. The summed E-state index contributed by atoms with van der Waals surface area (Å²) in [6, 6.07) is 19.4. The highest BCUT2D eigenvalue weighted by atomic mass is 32.1. The van der Waals surface area contributed by atoms with Crippen LogP contribution in [-0.2, 0) is 17.6 Å². The van der Waals surface area contributed by atoms with Gasteiger partial charge in [0.25, 0.3) is 5.91 Å². The largest absolute Gasteiger partial charge is 0.365 e. The molecule has 0 bridgehead atoms. The maximum absolute atomic E-state index is 13.4. The van der Waals surface area contributed by atoms with Gasteiger partial charge in [0.2, 0.25) is 5.91 Å². The molecular formula is C24H24N2O2S. The van der Waals surface area contributed by atoms with Gasteiger partial charge in [0, 0.05) is 4.88 Å². The minimum atomic E-state index is -0.469. The van der Waals surface area contributed by atoms with Crippen molar-refractivity contribution in [3.05, 3.63) is 87.8 Å². The Hall–Kier alpha value is -2.92. The normalized spacial score (nSPS) is 15.7. The van der Waals surface area contributed by atoms with Gasteiger partial charge in [-0.3, -0.25) is 9.59 Å². The molecule has 0 saturated carbocycles. The number of fused-ring (bicyclic) bond motifs is 1. The predicted molar refractivity (Wildman–Crippen MR) is 117 cm³/mol. The van der Waals surface area contributed by atoms with Crippen molar-refractivity contribution in [2.24, 2.45) is 11.7 Å². The van der Waals surface area contributed by atoms with E-state index in [2.05, 4.69) is 12.2 Å². The van der Waals surface area contributed by atoms with E-state index in [0.29, 0.717) is 16.5 Å². The highest BCUT2D eigenvalue weighted by Gasteiger charge is 2.29. The standard InChI is InChI=1S/C24H24N2O2S/c1-15-12-13-18-19(14-15)29-24(21(18)22(25)27)26-23(28)20(16-8-4-2-5-9-16)17-10-6-3-7-11-17/h2-11,15,20H,12-14H2,1H3,(H2,25,27)(H,26,28). The van der Waals surface area contributed by atoms with E-state index in [1.165, 1.54) is 16.2 Å². The summed E-state index contributed by atoms with van der Waals surface area (Å²) in [5, 5.41) is 3.62. The van der Waals surface area contributed by atoms with Gasteiger partial charge in [-0.2, -0.15) is 0 Å². The zero-order valence-corrected chi connectivity index (χ0v) is 17.2. The van der Waals surface area contributed by atoms with Gasteiger partial charge < -0.3 is 11.1 Å². The Morgan fingerprint density at radius 2 is 1.62 bits per heavy atom. The van der Waals surface area contributed by atoms with Crippen molar-refractivity contribution in [3.8, 4) is 0 Å². The molecule has 2 aromatic carbocycles. The third kappa shape index (κ3) is 3.96. The Bertz CT molecular complexity index is 988. The Morgan fingerprint density at radius 1 is 1.03 bits per heavy atom. The van der Waals surface area contributed by atoms with E-state index in [4.69, 9.17) is 5.73 Å². The second-order valence-corrected chi connectivity index (χ2v) is 8.77. The van der Waals surface area contributed by atoms with E-state index in [-0.39, 0.29) is 5.91 Å². The molecule has 1 aliphatic carbocycles. The van der Waals surface area contributed by atoms with E-state index in [1.807, 2.05) is 60.7 Å². The number of nitrogens with two attached hydrogens (primary N) is 1. The van der Waals surface area contributed by atoms with Crippen molar-refractivity contribution >= 4 is 28.2 Å². The van der Waals surface area contributed by atoms with Gasteiger partial charge in [0.15, 0.2) is 0 Å². The highest BCUT2D eigenvalue weighted by Crippen LogP contribution is 2.40. The molecule has 0 fully saturated rings. The topological polar surface area (TPSA) is 72.2 Å². The second kappa shape index (κ2) is 8.21. The molecule has 1 heterocycles. The molecule has 1 atom stereocenters. The van der Waals surface area contributed by atoms with Gasteiger partial charge in [-0.1, -0.05) is 67.6 Å². The molecule has 0 spiro atoms. The predicted octanol–water partition coefficient (Wildman–Crippen LogP) is 4.74. The van der Waals surface area contributed by atoms with Crippen LogP contribution in [-0.4, -0.2) is 11.8 Å². The molecule has 1 aliphatic rings. The van der Waals surface area contributed by atoms with Crippen LogP contribution in [0, 0.1) is 5.92 Å². The molecule has 0 aliphatic heterocycles. The Labute approximate surface area is 174 Å². The Balaban J connectivity index is 1.71. The zero-order valence-electron chi connectivity index (χ0n) is 16.4. The molecular weight excluding hydrogens is 380 g/mol. The zero-order chi connectivity index (χ0) is 20.4. The molecule has 5 heteroatoms. The lowest BCUT2D eigenvalue weighted by Crippen LogP contribution is -2.24. The third-order valence-electron chi connectivity index (χ3n) is 5.52. The van der Waals surface area contributed by atoms with E-state index in [9.17, 15) is 9.59 Å². The number of carbonyl (C=O) groups is 2. The van der Waals surface area contributed by atoms with Crippen LogP contribution in [0.3, 0.4) is 0 Å². The van der Waals surface area contributed by atoms with Crippen molar-refractivity contribution < 1.29 is 9.59 Å². The Kier molecular flexibility index (Phi) is 5.49. The summed E-state index contributed by atoms with van der Waals surface area (Å²) >= 11 is 1.50. The lowest BCUT2D eigenvalue weighted by atomic mass is 9.88. The van der Waals surface area contributed by atoms with Gasteiger partial charge >= 0.3 is 0 Å². The quantitative estimate of drug-likeness (QED) is 0.644. The maximum Gasteiger partial charge on any atom is 0.251 e. The number of benzene rings is 2. The summed E-state index contributed by atoms with van der Waals surface area (Å²) in [4.78, 5) is 26.8. The van der Waals surface area contributed by atoms with Crippen LogP contribution in [0.2, 0.25) is 0 Å². The molecule has 0 saturated heterocycles. The van der Waals surface area contributed by atoms with E-state index >= 15 is 0 Å². The van der Waals surface area contributed by atoms with Crippen molar-refractivity contribution in [1.29, 1.82) is 0 Å². The van der Waals surface area contributed by atoms with Crippen LogP contribution in [0.15, 0.2) is 60.7 Å². The average Bonchev–Trinajstić information content (AvgIpc) is 3.06. The van der Waals surface area contributed by atoms with Crippen molar-refractivity contribution in [3.63, 3.8) is 0 Å². The number of anilines is 1. The van der Waals surface area contributed by atoms with Gasteiger partial charge in [0.1, 0.15) is 5.00 Å². The first-order valence-corrected chi connectivity index (χ1v) is 10.7. The SMILES string of the molecule is CC1CCc2c(sc(NC(=O)C(c3ccccc3)c3ccccc3)c2C(N)=O)C1. The second-order valence-electron chi connectivity index (χ2n) is 7.66. The number of carbonyl (C=O) groups excluding carboxylic acids is 2. The molecule has 29 heavy (non-hydrogen) atoms. The molecule has 2 amide bonds. The number of hydrogen-bond donors (Lipinski definition) is 2. The first-order chi connectivity index (χ1) is 14.0. The molecule has 4 nitrogen and oxygen atoms in total. The molecule has 148 valence electrons. The van der Waals surface area contributed by atoms with E-state index in [0.717, 1.165) is 36.0 Å². The van der Waals surface area contributed by atoms with Crippen molar-refractivity contribution in [2.45, 2.75) is 32.1 Å². The number of hydrogen-bond acceptors (Lipinski definition) is 3. The fraction of sp³-hybridized carbons (Fsp3) is 0.250. The van der Waals surface area contributed by atoms with Gasteiger partial charge in [-0.15, -0.1) is 11.3 Å². The van der Waals surface area contributed by atoms with Crippen LogP contribution < -0.4 is 11.1 Å². The van der Waals surface area contributed by atoms with Crippen LogP contribution >= 0.6 is 11.3 Å². The van der Waals surface area contributed by atoms with Crippen molar-refractivity contribution in [2.75, 3.05) is 5.32 Å². The summed E-state index contributed by atoms with van der Waals surface area (Å²) < 4.78 is 0. The minimum absolute atomic E-state index is 0.156. The molecule has 1 unspecified atom stereocenters. The van der Waals surface area contributed by atoms with Gasteiger partial charge in [0.05, 0.1) is 11.5 Å². The summed E-state index contributed by atoms with van der Waals surface area (Å²) in [5.41, 5.74) is 9.04. The van der Waals surface area contributed by atoms with Crippen LogP contribution in [0.1, 0.15) is 51.2 Å².